The molecule has 4 aromatic rings. The summed E-state index contributed by atoms with van der Waals surface area (Å²) in [6, 6.07) is 32.1. The van der Waals surface area contributed by atoms with E-state index in [2.05, 4.69) is 17.4 Å². The van der Waals surface area contributed by atoms with E-state index in [0.717, 1.165) is 49.4 Å². The monoisotopic (exact) mass is 562 g/mol. The van der Waals surface area contributed by atoms with Gasteiger partial charge in [0, 0.05) is 24.9 Å². The van der Waals surface area contributed by atoms with Crippen LogP contribution >= 0.6 is 0 Å². The molecule has 0 spiro atoms. The van der Waals surface area contributed by atoms with Crippen LogP contribution in [0.5, 0.6) is 0 Å². The zero-order valence-corrected chi connectivity index (χ0v) is 22.9. The number of rotatable bonds is 9. The van der Waals surface area contributed by atoms with Crippen LogP contribution in [0, 0.1) is 0 Å². The normalized spacial score (nSPS) is 13.0. The van der Waals surface area contributed by atoms with Crippen LogP contribution in [0.1, 0.15) is 34.1 Å². The molecule has 0 unspecified atom stereocenters. The van der Waals surface area contributed by atoms with Crippen molar-refractivity contribution in [3.63, 3.8) is 0 Å². The van der Waals surface area contributed by atoms with E-state index in [4.69, 9.17) is 9.47 Å². The molecule has 0 saturated carbocycles. The maximum Gasteiger partial charge on any atom is 0.410 e. The lowest BCUT2D eigenvalue weighted by molar-refractivity contribution is -0.138. The highest BCUT2D eigenvalue weighted by Gasteiger charge is 2.31. The fraction of sp³-hybridized carbons (Fsp3) is 0.206. The second-order valence-electron chi connectivity index (χ2n) is 10.4. The summed E-state index contributed by atoms with van der Waals surface area (Å²) in [7, 11) is 0. The van der Waals surface area contributed by atoms with E-state index in [0.29, 0.717) is 0 Å². The van der Waals surface area contributed by atoms with E-state index < -0.39 is 24.7 Å². The number of carbonyl (C=O) groups excluding carboxylic acids is 2. The number of amides is 2. The van der Waals surface area contributed by atoms with Gasteiger partial charge in [-0.15, -0.1) is 0 Å². The van der Waals surface area contributed by atoms with Gasteiger partial charge in [-0.2, -0.15) is 0 Å². The van der Waals surface area contributed by atoms with Crippen LogP contribution in [0.2, 0.25) is 0 Å². The minimum absolute atomic E-state index is 0.00808. The summed E-state index contributed by atoms with van der Waals surface area (Å²) in [5.41, 5.74) is 8.81. The molecule has 0 radical (unpaired) electrons. The van der Waals surface area contributed by atoms with Crippen molar-refractivity contribution in [1.29, 1.82) is 0 Å². The van der Waals surface area contributed by atoms with Gasteiger partial charge in [-0.25, -0.2) is 9.59 Å². The van der Waals surface area contributed by atoms with Crippen molar-refractivity contribution in [2.24, 2.45) is 0 Å². The number of ether oxygens (including phenoxy) is 2. The fourth-order valence-corrected chi connectivity index (χ4v) is 6.03. The third-order valence-electron chi connectivity index (χ3n) is 7.92. The second kappa shape index (κ2) is 11.8. The van der Waals surface area contributed by atoms with Gasteiger partial charge < -0.3 is 19.9 Å². The molecule has 4 aromatic carbocycles. The molecule has 2 aliphatic rings. The number of carboxylic acid groups (broad SMARTS) is 1. The largest absolute Gasteiger partial charge is 0.480 e. The van der Waals surface area contributed by atoms with E-state index in [9.17, 15) is 19.5 Å². The Bertz CT molecular complexity index is 1560. The Labute approximate surface area is 243 Å². The predicted molar refractivity (Wildman–Crippen MR) is 157 cm³/mol. The molecule has 0 fully saturated rings. The van der Waals surface area contributed by atoms with Crippen molar-refractivity contribution in [3.05, 3.63) is 119 Å². The molecule has 0 saturated heterocycles. The molecule has 8 nitrogen and oxygen atoms in total. The lowest BCUT2D eigenvalue weighted by Crippen LogP contribution is -2.42. The Hall–Kier alpha value is -5.11. The van der Waals surface area contributed by atoms with Crippen LogP contribution in [-0.2, 0) is 14.3 Å². The summed E-state index contributed by atoms with van der Waals surface area (Å²) in [6.07, 6.45) is -1.40. The molecule has 42 heavy (non-hydrogen) atoms. The van der Waals surface area contributed by atoms with Crippen molar-refractivity contribution in [3.8, 4) is 22.3 Å². The van der Waals surface area contributed by atoms with Gasteiger partial charge in [0.2, 0.25) is 0 Å². The number of alkyl carbamates (subject to hydrolysis) is 1. The molecule has 6 rings (SSSR count). The number of fused-ring (bicyclic) bond motifs is 6. The van der Waals surface area contributed by atoms with Gasteiger partial charge in [-0.1, -0.05) is 97.1 Å². The number of hydrogen-bond acceptors (Lipinski definition) is 5. The molecule has 0 aliphatic heterocycles. The maximum absolute atomic E-state index is 13.0. The number of nitrogens with one attached hydrogen (secondary N) is 1. The van der Waals surface area contributed by atoms with Crippen LogP contribution in [-0.4, -0.2) is 61.0 Å². The Kier molecular flexibility index (Phi) is 7.60. The first-order valence-corrected chi connectivity index (χ1v) is 13.9. The highest BCUT2D eigenvalue weighted by atomic mass is 16.6. The summed E-state index contributed by atoms with van der Waals surface area (Å²) < 4.78 is 11.2. The van der Waals surface area contributed by atoms with E-state index in [1.54, 1.807) is 0 Å². The van der Waals surface area contributed by atoms with Gasteiger partial charge in [-0.3, -0.25) is 9.69 Å². The molecule has 0 heterocycles. The van der Waals surface area contributed by atoms with Crippen LogP contribution in [0.25, 0.3) is 22.3 Å². The molecule has 2 amide bonds. The molecule has 2 N–H and O–H groups in total. The lowest BCUT2D eigenvalue weighted by atomic mass is 9.98. The molecule has 0 aromatic heterocycles. The topological polar surface area (TPSA) is 105 Å². The first-order chi connectivity index (χ1) is 20.5. The van der Waals surface area contributed by atoms with Crippen molar-refractivity contribution < 1.29 is 29.0 Å². The van der Waals surface area contributed by atoms with Gasteiger partial charge in [0.05, 0.1) is 0 Å². The van der Waals surface area contributed by atoms with E-state index in [-0.39, 0.29) is 38.1 Å². The molecule has 212 valence electrons. The third kappa shape index (κ3) is 5.31. The Morgan fingerprint density at radius 3 is 1.48 bits per heavy atom. The highest BCUT2D eigenvalue weighted by molar-refractivity contribution is 5.81. The number of benzene rings is 4. The van der Waals surface area contributed by atoms with Crippen LogP contribution < -0.4 is 5.32 Å². The van der Waals surface area contributed by atoms with E-state index in [1.807, 2.05) is 84.9 Å². The fourth-order valence-electron chi connectivity index (χ4n) is 6.03. The van der Waals surface area contributed by atoms with Crippen molar-refractivity contribution >= 4 is 18.2 Å². The summed E-state index contributed by atoms with van der Waals surface area (Å²) >= 11 is 0. The Balaban J connectivity index is 1.03. The predicted octanol–water partition coefficient (Wildman–Crippen LogP) is 5.86. The molecule has 8 heteroatoms. The standard InChI is InChI=1S/C34H30N2O6/c37-32(38)19-36(34(40)42-21-31-28-15-7-3-11-24(28)25-12-4-8-16-29(25)31)18-17-35-33(39)41-20-30-26-13-5-1-9-22(26)23-10-2-6-14-27(23)30/h1-16,30-31H,17-21H2,(H,35,39)(H,37,38). The van der Waals surface area contributed by atoms with E-state index in [1.165, 1.54) is 0 Å². The van der Waals surface area contributed by atoms with Crippen LogP contribution in [0.3, 0.4) is 0 Å². The quantitative estimate of drug-likeness (QED) is 0.265. The number of nitrogens with zero attached hydrogens (tertiary/aromatic N) is 1. The zero-order valence-electron chi connectivity index (χ0n) is 22.9. The maximum atomic E-state index is 13.0. The average Bonchev–Trinajstić information content (AvgIpc) is 3.50. The molecule has 2 aliphatic carbocycles. The molecular formula is C34H30N2O6. The second-order valence-corrected chi connectivity index (χ2v) is 10.4. The van der Waals surface area contributed by atoms with Crippen molar-refractivity contribution in [2.45, 2.75) is 11.8 Å². The summed E-state index contributed by atoms with van der Waals surface area (Å²) in [4.78, 5) is 38.1. The van der Waals surface area contributed by atoms with Crippen molar-refractivity contribution in [2.75, 3.05) is 32.8 Å². The van der Waals surface area contributed by atoms with Gasteiger partial charge in [0.25, 0.3) is 0 Å². The molecule has 0 bridgehead atoms. The number of carboxylic acids is 1. The van der Waals surface area contributed by atoms with Gasteiger partial charge in [0.1, 0.15) is 19.8 Å². The van der Waals surface area contributed by atoms with Gasteiger partial charge in [0.15, 0.2) is 0 Å². The number of hydrogen-bond donors (Lipinski definition) is 2. The first-order valence-electron chi connectivity index (χ1n) is 13.9. The van der Waals surface area contributed by atoms with Gasteiger partial charge in [-0.05, 0) is 44.5 Å². The lowest BCUT2D eigenvalue weighted by Gasteiger charge is -2.22. The first kappa shape index (κ1) is 27.1. The van der Waals surface area contributed by atoms with Crippen molar-refractivity contribution in [1.82, 2.24) is 10.2 Å². The minimum atomic E-state index is -1.18. The highest BCUT2D eigenvalue weighted by Crippen LogP contribution is 2.45. The number of carbonyl (C=O) groups is 3. The SMILES string of the molecule is O=C(O)CN(CCNC(=O)OCC1c2ccccc2-c2ccccc21)C(=O)OCC1c2ccccc2-c2ccccc21. The number of aliphatic carboxylic acids is 1. The third-order valence-corrected chi connectivity index (χ3v) is 7.92. The minimum Gasteiger partial charge on any atom is -0.480 e. The summed E-state index contributed by atoms with van der Waals surface area (Å²) in [6.45, 7) is -0.363. The zero-order chi connectivity index (χ0) is 29.1. The van der Waals surface area contributed by atoms with Gasteiger partial charge >= 0.3 is 18.2 Å². The molecular weight excluding hydrogens is 532 g/mol. The smallest absolute Gasteiger partial charge is 0.410 e. The van der Waals surface area contributed by atoms with E-state index >= 15 is 0 Å². The van der Waals surface area contributed by atoms with Crippen LogP contribution in [0.4, 0.5) is 9.59 Å². The summed E-state index contributed by atoms with van der Waals surface area (Å²) in [5.74, 6) is -1.40. The Morgan fingerprint density at radius 2 is 1.05 bits per heavy atom. The van der Waals surface area contributed by atoms with Crippen LogP contribution in [0.15, 0.2) is 97.1 Å². The Morgan fingerprint density at radius 1 is 0.643 bits per heavy atom. The summed E-state index contributed by atoms with van der Waals surface area (Å²) in [5, 5.41) is 12.0. The average molecular weight is 563 g/mol. The molecule has 0 atom stereocenters.